The van der Waals surface area contributed by atoms with Crippen molar-refractivity contribution in [3.05, 3.63) is 45.3 Å². The van der Waals surface area contributed by atoms with E-state index in [0.29, 0.717) is 13.0 Å². The number of azide groups is 1. The molecule has 0 aromatic heterocycles. The topological polar surface area (TPSA) is 77.9 Å². The van der Waals surface area contributed by atoms with Crippen LogP contribution in [0.3, 0.4) is 0 Å². The Morgan fingerprint density at radius 2 is 2.18 bits per heavy atom. The summed E-state index contributed by atoms with van der Waals surface area (Å²) in [6.45, 7) is 4.74. The van der Waals surface area contributed by atoms with Gasteiger partial charge in [0.25, 0.3) is 0 Å². The molecule has 5 nitrogen and oxygen atoms in total. The molecule has 1 N–H and O–H groups in total. The van der Waals surface area contributed by atoms with E-state index in [9.17, 15) is 4.79 Å². The Morgan fingerprint density at radius 3 is 2.82 bits per heavy atom. The van der Waals surface area contributed by atoms with Crippen LogP contribution in [0.25, 0.3) is 10.4 Å². The van der Waals surface area contributed by atoms with Crippen LogP contribution in [-0.4, -0.2) is 19.0 Å². The van der Waals surface area contributed by atoms with Gasteiger partial charge >= 0.3 is 0 Å². The normalized spacial score (nSPS) is 9.53. The molecule has 1 rings (SSSR count). The zero-order chi connectivity index (χ0) is 12.7. The smallest absolute Gasteiger partial charge is 0.224 e. The molecule has 1 aromatic carbocycles. The fourth-order valence-electron chi connectivity index (χ4n) is 1.45. The van der Waals surface area contributed by atoms with Gasteiger partial charge in [-0.2, -0.15) is 0 Å². The van der Waals surface area contributed by atoms with Crippen molar-refractivity contribution < 1.29 is 4.79 Å². The van der Waals surface area contributed by atoms with Crippen molar-refractivity contribution >= 4 is 5.91 Å². The number of aryl methyl sites for hydroxylation is 2. The lowest BCUT2D eigenvalue weighted by molar-refractivity contribution is -0.120. The molecule has 0 saturated carbocycles. The summed E-state index contributed by atoms with van der Waals surface area (Å²) in [6, 6.07) is 5.98. The second-order valence-corrected chi connectivity index (χ2v) is 3.90. The highest BCUT2D eigenvalue weighted by molar-refractivity contribution is 5.78. The quantitative estimate of drug-likeness (QED) is 0.359. The average molecular weight is 232 g/mol. The number of rotatable bonds is 5. The largest absolute Gasteiger partial charge is 0.356 e. The minimum absolute atomic E-state index is 0.0543. The number of amides is 1. The maximum Gasteiger partial charge on any atom is 0.224 e. The van der Waals surface area contributed by atoms with Crippen LogP contribution in [0.1, 0.15) is 16.7 Å². The lowest BCUT2D eigenvalue weighted by Gasteiger charge is -2.06. The van der Waals surface area contributed by atoms with E-state index >= 15 is 0 Å². The van der Waals surface area contributed by atoms with E-state index in [2.05, 4.69) is 15.3 Å². The molecule has 0 atom stereocenters. The predicted molar refractivity (Wildman–Crippen MR) is 66.6 cm³/mol. The molecular formula is C12H16N4O. The lowest BCUT2D eigenvalue weighted by atomic mass is 10.0. The van der Waals surface area contributed by atoms with Gasteiger partial charge in [-0.15, -0.1) is 0 Å². The summed E-state index contributed by atoms with van der Waals surface area (Å²) in [5.74, 6) is -0.0543. The van der Waals surface area contributed by atoms with E-state index in [1.807, 2.05) is 32.0 Å². The van der Waals surface area contributed by atoms with E-state index in [0.717, 1.165) is 5.56 Å². The molecular weight excluding hydrogens is 216 g/mol. The maximum absolute atomic E-state index is 11.5. The van der Waals surface area contributed by atoms with Crippen molar-refractivity contribution in [2.45, 2.75) is 20.3 Å². The Balaban J connectivity index is 2.45. The first-order chi connectivity index (χ1) is 8.13. The van der Waals surface area contributed by atoms with Crippen LogP contribution in [0.5, 0.6) is 0 Å². The summed E-state index contributed by atoms with van der Waals surface area (Å²) >= 11 is 0. The fraction of sp³-hybridized carbons (Fsp3) is 0.417. The van der Waals surface area contributed by atoms with Crippen LogP contribution in [0, 0.1) is 13.8 Å². The zero-order valence-electron chi connectivity index (χ0n) is 10.1. The minimum atomic E-state index is -0.0543. The fourth-order valence-corrected chi connectivity index (χ4v) is 1.45. The van der Waals surface area contributed by atoms with Crippen molar-refractivity contribution in [2.75, 3.05) is 13.1 Å². The highest BCUT2D eigenvalue weighted by Gasteiger charge is 2.03. The molecule has 0 aliphatic heterocycles. The van der Waals surface area contributed by atoms with E-state index < -0.39 is 0 Å². The summed E-state index contributed by atoms with van der Waals surface area (Å²) in [5, 5.41) is 6.04. The molecule has 0 saturated heterocycles. The second-order valence-electron chi connectivity index (χ2n) is 3.90. The van der Waals surface area contributed by atoms with Crippen molar-refractivity contribution in [2.24, 2.45) is 5.11 Å². The summed E-state index contributed by atoms with van der Waals surface area (Å²) in [6.07, 6.45) is 0.359. The Morgan fingerprint density at radius 1 is 1.41 bits per heavy atom. The van der Waals surface area contributed by atoms with Crippen molar-refractivity contribution in [3.8, 4) is 0 Å². The SMILES string of the molecule is Cc1ccc(CC(=O)NCCN=[N+]=[N-])cc1C. The first-order valence-corrected chi connectivity index (χ1v) is 5.47. The van der Waals surface area contributed by atoms with Gasteiger partial charge in [0.2, 0.25) is 5.91 Å². The molecule has 17 heavy (non-hydrogen) atoms. The minimum Gasteiger partial charge on any atom is -0.356 e. The van der Waals surface area contributed by atoms with E-state index in [1.54, 1.807) is 0 Å². The van der Waals surface area contributed by atoms with Gasteiger partial charge in [-0.05, 0) is 36.1 Å². The van der Waals surface area contributed by atoms with E-state index in [-0.39, 0.29) is 12.5 Å². The third-order valence-corrected chi connectivity index (χ3v) is 2.53. The Bertz CT molecular complexity index is 450. The van der Waals surface area contributed by atoms with Crippen LogP contribution in [0.2, 0.25) is 0 Å². The third-order valence-electron chi connectivity index (χ3n) is 2.53. The molecule has 1 aromatic rings. The van der Waals surface area contributed by atoms with Gasteiger partial charge in [-0.1, -0.05) is 23.3 Å². The number of carbonyl (C=O) groups is 1. The van der Waals surface area contributed by atoms with Crippen LogP contribution in [0.4, 0.5) is 0 Å². The van der Waals surface area contributed by atoms with Crippen LogP contribution in [0.15, 0.2) is 23.3 Å². The summed E-state index contributed by atoms with van der Waals surface area (Å²) in [4.78, 5) is 14.1. The zero-order valence-corrected chi connectivity index (χ0v) is 10.1. The monoisotopic (exact) mass is 232 g/mol. The van der Waals surface area contributed by atoms with Crippen LogP contribution < -0.4 is 5.32 Å². The molecule has 0 bridgehead atoms. The molecule has 1 amide bonds. The van der Waals surface area contributed by atoms with Gasteiger partial charge in [-0.3, -0.25) is 4.79 Å². The Labute approximate surface area is 100 Å². The van der Waals surface area contributed by atoms with Gasteiger partial charge in [0.05, 0.1) is 6.42 Å². The Hall–Kier alpha value is -2.00. The number of hydrogen-bond acceptors (Lipinski definition) is 2. The number of benzene rings is 1. The summed E-state index contributed by atoms with van der Waals surface area (Å²) < 4.78 is 0. The molecule has 0 unspecified atom stereocenters. The van der Waals surface area contributed by atoms with E-state index in [1.165, 1.54) is 11.1 Å². The molecule has 0 heterocycles. The summed E-state index contributed by atoms with van der Waals surface area (Å²) in [7, 11) is 0. The third kappa shape index (κ3) is 4.57. The molecule has 0 fully saturated rings. The first-order valence-electron chi connectivity index (χ1n) is 5.47. The highest BCUT2D eigenvalue weighted by Crippen LogP contribution is 2.10. The highest BCUT2D eigenvalue weighted by atomic mass is 16.1. The number of nitrogens with zero attached hydrogens (tertiary/aromatic N) is 3. The van der Waals surface area contributed by atoms with Gasteiger partial charge in [0, 0.05) is 18.0 Å². The molecule has 0 radical (unpaired) electrons. The molecule has 0 spiro atoms. The van der Waals surface area contributed by atoms with Crippen molar-refractivity contribution in [1.82, 2.24) is 5.32 Å². The summed E-state index contributed by atoms with van der Waals surface area (Å²) in [5.41, 5.74) is 11.5. The van der Waals surface area contributed by atoms with Crippen LogP contribution >= 0.6 is 0 Å². The van der Waals surface area contributed by atoms with E-state index in [4.69, 9.17) is 5.53 Å². The van der Waals surface area contributed by atoms with Gasteiger partial charge in [0.15, 0.2) is 0 Å². The van der Waals surface area contributed by atoms with Crippen molar-refractivity contribution in [1.29, 1.82) is 0 Å². The van der Waals surface area contributed by atoms with Gasteiger partial charge < -0.3 is 5.32 Å². The second kappa shape index (κ2) is 6.55. The van der Waals surface area contributed by atoms with Gasteiger partial charge in [0.1, 0.15) is 0 Å². The maximum atomic E-state index is 11.5. The average Bonchev–Trinajstić information content (AvgIpc) is 2.30. The molecule has 5 heteroatoms. The lowest BCUT2D eigenvalue weighted by Crippen LogP contribution is -2.27. The molecule has 0 aliphatic carbocycles. The van der Waals surface area contributed by atoms with Crippen molar-refractivity contribution in [3.63, 3.8) is 0 Å². The first kappa shape index (κ1) is 13.1. The number of carbonyl (C=O) groups excluding carboxylic acids is 1. The number of hydrogen-bond donors (Lipinski definition) is 1. The van der Waals surface area contributed by atoms with Crippen LogP contribution in [-0.2, 0) is 11.2 Å². The number of nitrogens with one attached hydrogen (secondary N) is 1. The molecule has 90 valence electrons. The standard InChI is InChI=1S/C12H16N4O/c1-9-3-4-11(7-10(9)2)8-12(17)14-5-6-15-16-13/h3-4,7H,5-6,8H2,1-2H3,(H,14,17). The predicted octanol–water partition coefficient (Wildman–Crippen LogP) is 2.27. The Kier molecular flexibility index (Phi) is 5.04. The molecule has 0 aliphatic rings. The van der Waals surface area contributed by atoms with Gasteiger partial charge in [-0.25, -0.2) is 0 Å².